The first-order valence-electron chi connectivity index (χ1n) is 6.26. The molecule has 0 saturated carbocycles. The Kier molecular flexibility index (Phi) is 6.91. The number of likely N-dealkylation sites (tertiary alicyclic amines) is 1. The van der Waals surface area contributed by atoms with Crippen LogP contribution in [0.2, 0.25) is 0 Å². The Morgan fingerprint density at radius 3 is 2.76 bits per heavy atom. The maximum Gasteiger partial charge on any atom is 0.205 e. The predicted molar refractivity (Wildman–Crippen MR) is 69.8 cm³/mol. The highest BCUT2D eigenvalue weighted by Crippen LogP contribution is 2.11. The number of nitrogens with zero attached hydrogens (tertiary/aromatic N) is 2. The Balaban J connectivity index is 2.27. The molecule has 17 heavy (non-hydrogen) atoms. The molecular formula is C11H25N5O. The van der Waals surface area contributed by atoms with E-state index in [-0.39, 0.29) is 0 Å². The molecule has 0 radical (unpaired) electrons. The summed E-state index contributed by atoms with van der Waals surface area (Å²) in [7, 11) is 1.67. The molecule has 1 aliphatic rings. The summed E-state index contributed by atoms with van der Waals surface area (Å²) >= 11 is 0. The van der Waals surface area contributed by atoms with Gasteiger partial charge in [0.2, 0.25) is 5.96 Å². The van der Waals surface area contributed by atoms with Gasteiger partial charge in [-0.15, -0.1) is 0 Å². The van der Waals surface area contributed by atoms with Gasteiger partial charge >= 0.3 is 0 Å². The molecule has 0 amide bonds. The number of hydrogen-bond acceptors (Lipinski definition) is 4. The van der Waals surface area contributed by atoms with Gasteiger partial charge in [-0.25, -0.2) is 5.84 Å². The zero-order chi connectivity index (χ0) is 12.5. The van der Waals surface area contributed by atoms with Crippen LogP contribution in [0.4, 0.5) is 0 Å². The van der Waals surface area contributed by atoms with E-state index in [1.54, 1.807) is 7.11 Å². The fourth-order valence-corrected chi connectivity index (χ4v) is 1.95. The summed E-state index contributed by atoms with van der Waals surface area (Å²) in [6.45, 7) is 6.70. The van der Waals surface area contributed by atoms with Crippen LogP contribution >= 0.6 is 0 Å². The molecule has 0 bridgehead atoms. The van der Waals surface area contributed by atoms with Gasteiger partial charge in [-0.05, 0) is 32.9 Å². The summed E-state index contributed by atoms with van der Waals surface area (Å²) in [5.74, 6) is 6.03. The van der Waals surface area contributed by atoms with E-state index < -0.39 is 0 Å². The quantitative estimate of drug-likeness (QED) is 0.193. The molecular weight excluding hydrogens is 218 g/mol. The molecule has 0 aromatic rings. The van der Waals surface area contributed by atoms with E-state index in [1.807, 2.05) is 0 Å². The third-order valence-electron chi connectivity index (χ3n) is 3.01. The second kappa shape index (κ2) is 8.27. The number of aliphatic imine (C=N–C) groups is 1. The van der Waals surface area contributed by atoms with E-state index in [2.05, 4.69) is 27.6 Å². The second-order valence-electron chi connectivity index (χ2n) is 4.35. The van der Waals surface area contributed by atoms with Crippen LogP contribution in [-0.2, 0) is 4.74 Å². The standard InChI is InChI=1S/C11H25N5O/c1-10(16-6-3-4-7-16)9-14-11(15-12)13-5-8-17-2/h10H,3-9,12H2,1-2H3,(H2,13,14,15). The van der Waals surface area contributed by atoms with E-state index in [0.717, 1.165) is 6.54 Å². The van der Waals surface area contributed by atoms with Crippen LogP contribution in [-0.4, -0.2) is 56.8 Å². The van der Waals surface area contributed by atoms with E-state index in [9.17, 15) is 0 Å². The second-order valence-corrected chi connectivity index (χ2v) is 4.35. The lowest BCUT2D eigenvalue weighted by molar-refractivity contribution is 0.203. The van der Waals surface area contributed by atoms with Crippen LogP contribution in [0, 0.1) is 0 Å². The minimum Gasteiger partial charge on any atom is -0.383 e. The first kappa shape index (κ1) is 14.2. The SMILES string of the molecule is COCCNC(=NCC(C)N1CCCC1)NN. The zero-order valence-corrected chi connectivity index (χ0v) is 10.9. The van der Waals surface area contributed by atoms with Crippen molar-refractivity contribution in [2.75, 3.05) is 39.9 Å². The molecule has 0 aliphatic carbocycles. The zero-order valence-electron chi connectivity index (χ0n) is 10.9. The van der Waals surface area contributed by atoms with Gasteiger partial charge in [-0.1, -0.05) is 0 Å². The number of rotatable bonds is 6. The van der Waals surface area contributed by atoms with Crippen molar-refractivity contribution in [2.45, 2.75) is 25.8 Å². The van der Waals surface area contributed by atoms with Crippen LogP contribution in [0.15, 0.2) is 4.99 Å². The maximum atomic E-state index is 5.40. The van der Waals surface area contributed by atoms with Crippen molar-refractivity contribution in [1.82, 2.24) is 15.6 Å². The number of methoxy groups -OCH3 is 1. The minimum absolute atomic E-state index is 0.477. The van der Waals surface area contributed by atoms with Gasteiger partial charge in [0.05, 0.1) is 13.2 Å². The van der Waals surface area contributed by atoms with Crippen molar-refractivity contribution in [1.29, 1.82) is 0 Å². The van der Waals surface area contributed by atoms with Gasteiger partial charge < -0.3 is 10.1 Å². The predicted octanol–water partition coefficient (Wildman–Crippen LogP) is -0.474. The summed E-state index contributed by atoms with van der Waals surface area (Å²) in [5, 5.41) is 3.09. The third-order valence-corrected chi connectivity index (χ3v) is 3.01. The highest BCUT2D eigenvalue weighted by molar-refractivity contribution is 5.79. The summed E-state index contributed by atoms with van der Waals surface area (Å²) in [5.41, 5.74) is 2.57. The molecule has 1 rings (SSSR count). The van der Waals surface area contributed by atoms with Gasteiger partial charge in [0.15, 0.2) is 0 Å². The number of hydrogen-bond donors (Lipinski definition) is 3. The third kappa shape index (κ3) is 5.34. The lowest BCUT2D eigenvalue weighted by Crippen LogP contribution is -2.44. The number of ether oxygens (including phenoxy) is 1. The Morgan fingerprint density at radius 1 is 1.47 bits per heavy atom. The smallest absolute Gasteiger partial charge is 0.205 e. The van der Waals surface area contributed by atoms with E-state index >= 15 is 0 Å². The Bertz CT molecular complexity index is 228. The van der Waals surface area contributed by atoms with Gasteiger partial charge in [0, 0.05) is 19.7 Å². The van der Waals surface area contributed by atoms with Crippen molar-refractivity contribution in [3.63, 3.8) is 0 Å². The highest BCUT2D eigenvalue weighted by atomic mass is 16.5. The molecule has 100 valence electrons. The monoisotopic (exact) mass is 243 g/mol. The molecule has 0 aromatic carbocycles. The molecule has 6 nitrogen and oxygen atoms in total. The summed E-state index contributed by atoms with van der Waals surface area (Å²) in [6.07, 6.45) is 2.62. The van der Waals surface area contributed by atoms with Crippen molar-refractivity contribution < 1.29 is 4.74 Å². The molecule has 0 aromatic heterocycles. The molecule has 1 heterocycles. The number of guanidine groups is 1. The molecule has 6 heteroatoms. The van der Waals surface area contributed by atoms with Gasteiger partial charge in [0.25, 0.3) is 0 Å². The number of nitrogens with two attached hydrogens (primary N) is 1. The molecule has 1 saturated heterocycles. The van der Waals surface area contributed by atoms with Gasteiger partial charge in [-0.3, -0.25) is 15.3 Å². The Labute approximate surface area is 104 Å². The van der Waals surface area contributed by atoms with Crippen LogP contribution in [0.5, 0.6) is 0 Å². The maximum absolute atomic E-state index is 5.40. The first-order chi connectivity index (χ1) is 8.27. The average Bonchev–Trinajstić information content (AvgIpc) is 2.87. The number of hydrazine groups is 1. The lowest BCUT2D eigenvalue weighted by atomic mass is 10.3. The molecule has 1 fully saturated rings. The molecule has 4 N–H and O–H groups in total. The molecule has 0 spiro atoms. The van der Waals surface area contributed by atoms with Crippen molar-refractivity contribution in [3.05, 3.63) is 0 Å². The normalized spacial score (nSPS) is 19.4. The Morgan fingerprint density at radius 2 is 2.18 bits per heavy atom. The minimum atomic E-state index is 0.477. The van der Waals surface area contributed by atoms with Crippen molar-refractivity contribution in [3.8, 4) is 0 Å². The first-order valence-corrected chi connectivity index (χ1v) is 6.26. The summed E-state index contributed by atoms with van der Waals surface area (Å²) < 4.78 is 4.95. The fraction of sp³-hybridized carbons (Fsp3) is 0.909. The van der Waals surface area contributed by atoms with Gasteiger partial charge in [-0.2, -0.15) is 0 Å². The average molecular weight is 243 g/mol. The largest absolute Gasteiger partial charge is 0.383 e. The fourth-order valence-electron chi connectivity index (χ4n) is 1.95. The van der Waals surface area contributed by atoms with Crippen LogP contribution in [0.25, 0.3) is 0 Å². The van der Waals surface area contributed by atoms with Crippen molar-refractivity contribution >= 4 is 5.96 Å². The van der Waals surface area contributed by atoms with E-state index in [1.165, 1.54) is 25.9 Å². The van der Waals surface area contributed by atoms with Crippen LogP contribution in [0.1, 0.15) is 19.8 Å². The van der Waals surface area contributed by atoms with E-state index in [0.29, 0.717) is 25.2 Å². The molecule has 1 unspecified atom stereocenters. The van der Waals surface area contributed by atoms with E-state index in [4.69, 9.17) is 10.6 Å². The van der Waals surface area contributed by atoms with Crippen LogP contribution in [0.3, 0.4) is 0 Å². The van der Waals surface area contributed by atoms with Crippen molar-refractivity contribution in [2.24, 2.45) is 10.8 Å². The highest BCUT2D eigenvalue weighted by Gasteiger charge is 2.17. The van der Waals surface area contributed by atoms with Crippen LogP contribution < -0.4 is 16.6 Å². The summed E-state index contributed by atoms with van der Waals surface area (Å²) in [6, 6.07) is 0.477. The summed E-state index contributed by atoms with van der Waals surface area (Å²) in [4.78, 5) is 6.90. The Hall–Kier alpha value is -0.850. The number of nitrogens with one attached hydrogen (secondary N) is 2. The topological polar surface area (TPSA) is 74.9 Å². The lowest BCUT2D eigenvalue weighted by Gasteiger charge is -2.22. The molecule has 1 aliphatic heterocycles. The van der Waals surface area contributed by atoms with Gasteiger partial charge in [0.1, 0.15) is 0 Å². The molecule has 1 atom stereocenters.